The monoisotopic (exact) mass is 409 g/mol. The summed E-state index contributed by atoms with van der Waals surface area (Å²) in [4.78, 5) is 8.61. The SMILES string of the molecule is Clc1nc(NC2CCCCC2)c2cnn(PI)c2n1. The van der Waals surface area contributed by atoms with Gasteiger partial charge in [0.05, 0.1) is 18.0 Å². The van der Waals surface area contributed by atoms with Gasteiger partial charge in [-0.2, -0.15) is 15.1 Å². The van der Waals surface area contributed by atoms with E-state index in [4.69, 9.17) is 11.6 Å². The number of hydrogen-bond acceptors (Lipinski definition) is 4. The predicted molar refractivity (Wildman–Crippen MR) is 88.6 cm³/mol. The van der Waals surface area contributed by atoms with Gasteiger partial charge in [-0.05, 0) is 46.5 Å². The van der Waals surface area contributed by atoms with E-state index < -0.39 is 0 Å². The Kier molecular flexibility index (Phi) is 4.39. The first-order valence-electron chi connectivity index (χ1n) is 6.32. The van der Waals surface area contributed by atoms with E-state index in [0.717, 1.165) is 16.9 Å². The lowest BCUT2D eigenvalue weighted by Gasteiger charge is -2.23. The van der Waals surface area contributed by atoms with Crippen LogP contribution in [0.5, 0.6) is 0 Å². The summed E-state index contributed by atoms with van der Waals surface area (Å²) < 4.78 is 1.86. The Balaban J connectivity index is 1.95. The molecule has 102 valence electrons. The lowest BCUT2D eigenvalue weighted by Crippen LogP contribution is -2.23. The molecule has 5 nitrogen and oxygen atoms in total. The quantitative estimate of drug-likeness (QED) is 0.473. The van der Waals surface area contributed by atoms with Crippen molar-refractivity contribution in [2.24, 2.45) is 0 Å². The van der Waals surface area contributed by atoms with Crippen molar-refractivity contribution in [1.29, 1.82) is 0 Å². The maximum absolute atomic E-state index is 6.02. The minimum absolute atomic E-state index is 0.280. The van der Waals surface area contributed by atoms with E-state index in [2.05, 4.69) is 42.4 Å². The van der Waals surface area contributed by atoms with Crippen LogP contribution in [0, 0.1) is 0 Å². The lowest BCUT2D eigenvalue weighted by molar-refractivity contribution is 0.462. The number of hydrogen-bond donors (Lipinski definition) is 1. The zero-order valence-electron chi connectivity index (χ0n) is 10.2. The molecular formula is C11H14ClIN5P. The molecule has 1 atom stereocenters. The van der Waals surface area contributed by atoms with E-state index in [1.54, 1.807) is 0 Å². The van der Waals surface area contributed by atoms with Crippen LogP contribution in [0.3, 0.4) is 0 Å². The number of nitrogens with zero attached hydrogens (tertiary/aromatic N) is 4. The number of halogens is 2. The van der Waals surface area contributed by atoms with Crippen LogP contribution in [0.2, 0.25) is 5.28 Å². The van der Waals surface area contributed by atoms with Crippen LogP contribution in [0.25, 0.3) is 11.0 Å². The number of nitrogens with one attached hydrogen (secondary N) is 1. The van der Waals surface area contributed by atoms with E-state index in [-0.39, 0.29) is 5.28 Å². The third-order valence-electron chi connectivity index (χ3n) is 3.43. The highest BCUT2D eigenvalue weighted by molar-refractivity contribution is 14.2. The Morgan fingerprint density at radius 1 is 1.32 bits per heavy atom. The molecule has 1 saturated carbocycles. The summed E-state index contributed by atoms with van der Waals surface area (Å²) in [5, 5.41) is 9.08. The van der Waals surface area contributed by atoms with Crippen LogP contribution in [-0.4, -0.2) is 25.6 Å². The molecule has 0 amide bonds. The van der Waals surface area contributed by atoms with Crippen LogP contribution < -0.4 is 5.32 Å². The highest BCUT2D eigenvalue weighted by Crippen LogP contribution is 2.31. The van der Waals surface area contributed by atoms with Crippen molar-refractivity contribution in [1.82, 2.24) is 19.5 Å². The fraction of sp³-hybridized carbons (Fsp3) is 0.545. The summed E-state index contributed by atoms with van der Waals surface area (Å²) in [5.74, 6) is 0.822. The Hall–Kier alpha value is -0.200. The maximum atomic E-state index is 6.02. The predicted octanol–water partition coefficient (Wildman–Crippen LogP) is 4.02. The molecule has 0 aromatic carbocycles. The molecule has 0 saturated heterocycles. The van der Waals surface area contributed by atoms with Gasteiger partial charge in [-0.15, -0.1) is 0 Å². The first-order valence-corrected chi connectivity index (χ1v) is 10.8. The van der Waals surface area contributed by atoms with E-state index >= 15 is 0 Å². The van der Waals surface area contributed by atoms with Gasteiger partial charge in [0.25, 0.3) is 0 Å². The average molecular weight is 410 g/mol. The fourth-order valence-corrected chi connectivity index (χ4v) is 4.07. The van der Waals surface area contributed by atoms with Crippen molar-refractivity contribution in [2.45, 2.75) is 38.1 Å². The molecule has 2 aromatic heterocycles. The Morgan fingerprint density at radius 3 is 2.84 bits per heavy atom. The van der Waals surface area contributed by atoms with Crippen molar-refractivity contribution in [3.63, 3.8) is 0 Å². The van der Waals surface area contributed by atoms with Crippen LogP contribution in [-0.2, 0) is 0 Å². The van der Waals surface area contributed by atoms with Crippen molar-refractivity contribution in [3.05, 3.63) is 11.5 Å². The van der Waals surface area contributed by atoms with E-state index in [1.165, 1.54) is 32.1 Å². The Labute approximate surface area is 131 Å². The minimum atomic E-state index is 0.280. The maximum Gasteiger partial charge on any atom is 0.226 e. The van der Waals surface area contributed by atoms with Crippen molar-refractivity contribution < 1.29 is 0 Å². The van der Waals surface area contributed by atoms with Gasteiger partial charge in [0, 0.05) is 6.04 Å². The van der Waals surface area contributed by atoms with Crippen LogP contribution >= 0.6 is 40.0 Å². The smallest absolute Gasteiger partial charge is 0.226 e. The van der Waals surface area contributed by atoms with Crippen molar-refractivity contribution in [2.75, 3.05) is 5.32 Å². The molecule has 1 fully saturated rings. The van der Waals surface area contributed by atoms with Crippen LogP contribution in [0.1, 0.15) is 32.1 Å². The standard InChI is InChI=1S/C11H14ClIN5P/c12-11-16-9(15-7-4-2-1-3-5-7)8-6-14-18(19-13)10(8)17-11/h6-7,19H,1-5H2,(H,15,16,17). The van der Waals surface area contributed by atoms with Gasteiger partial charge in [-0.3, -0.25) is 0 Å². The first kappa shape index (κ1) is 13.8. The summed E-state index contributed by atoms with van der Waals surface area (Å²) in [7, 11) is 0. The molecule has 2 aromatic rings. The van der Waals surface area contributed by atoms with Gasteiger partial charge in [0.1, 0.15) is 5.82 Å². The molecule has 0 bridgehead atoms. The highest BCUT2D eigenvalue weighted by atomic mass is 127. The second-order valence-corrected chi connectivity index (χ2v) is 7.08. The number of fused-ring (bicyclic) bond motifs is 1. The van der Waals surface area contributed by atoms with Crippen LogP contribution in [0.4, 0.5) is 5.82 Å². The first-order chi connectivity index (χ1) is 9.28. The molecule has 8 heteroatoms. The topological polar surface area (TPSA) is 55.6 Å². The summed E-state index contributed by atoms with van der Waals surface area (Å²) in [6, 6.07) is 0.494. The number of aromatic nitrogens is 4. The summed E-state index contributed by atoms with van der Waals surface area (Å²) in [5.41, 5.74) is 0.811. The third kappa shape index (κ3) is 2.95. The summed E-state index contributed by atoms with van der Waals surface area (Å²) >= 11 is 8.31. The molecule has 19 heavy (non-hydrogen) atoms. The van der Waals surface area contributed by atoms with Gasteiger partial charge in [0.2, 0.25) is 5.28 Å². The van der Waals surface area contributed by atoms with Gasteiger partial charge < -0.3 is 5.32 Å². The molecular weight excluding hydrogens is 395 g/mol. The van der Waals surface area contributed by atoms with Gasteiger partial charge in [0.15, 0.2) is 5.65 Å². The van der Waals surface area contributed by atoms with Gasteiger partial charge in [-0.25, -0.2) is 4.45 Å². The summed E-state index contributed by atoms with van der Waals surface area (Å²) in [6.45, 7) is 0. The minimum Gasteiger partial charge on any atom is -0.367 e. The number of rotatable bonds is 3. The molecule has 1 aliphatic rings. The zero-order chi connectivity index (χ0) is 13.2. The molecule has 2 heterocycles. The number of anilines is 1. The van der Waals surface area contributed by atoms with E-state index in [1.807, 2.05) is 10.6 Å². The Bertz CT molecular complexity index is 584. The van der Waals surface area contributed by atoms with Crippen molar-refractivity contribution in [3.8, 4) is 0 Å². The average Bonchev–Trinajstić information content (AvgIpc) is 2.83. The summed E-state index contributed by atoms with van der Waals surface area (Å²) in [6.07, 6.45) is 8.64. The molecule has 0 spiro atoms. The largest absolute Gasteiger partial charge is 0.367 e. The molecule has 3 rings (SSSR count). The van der Waals surface area contributed by atoms with Crippen LogP contribution in [0.15, 0.2) is 6.20 Å². The van der Waals surface area contributed by atoms with Gasteiger partial charge >= 0.3 is 0 Å². The second-order valence-electron chi connectivity index (χ2n) is 4.70. The molecule has 1 aliphatic carbocycles. The lowest BCUT2D eigenvalue weighted by atomic mass is 9.95. The van der Waals surface area contributed by atoms with Crippen molar-refractivity contribution >= 4 is 56.9 Å². The molecule has 1 N–H and O–H groups in total. The Morgan fingerprint density at radius 2 is 2.11 bits per heavy atom. The van der Waals surface area contributed by atoms with E-state index in [9.17, 15) is 0 Å². The highest BCUT2D eigenvalue weighted by Gasteiger charge is 2.17. The van der Waals surface area contributed by atoms with E-state index in [0.29, 0.717) is 12.4 Å². The second kappa shape index (κ2) is 6.06. The molecule has 1 unspecified atom stereocenters. The third-order valence-corrected chi connectivity index (χ3v) is 5.45. The normalized spacial score (nSPS) is 17.6. The van der Waals surface area contributed by atoms with Gasteiger partial charge in [-0.1, -0.05) is 19.3 Å². The molecule has 0 aliphatic heterocycles. The zero-order valence-corrected chi connectivity index (χ0v) is 14.1. The molecule has 0 radical (unpaired) electrons. The fourth-order valence-electron chi connectivity index (χ4n) is 2.49.